The molecule has 2 nitrogen and oxygen atoms in total. The number of thioether (sulfide) groups is 1. The first-order valence-corrected chi connectivity index (χ1v) is 7.31. The molecule has 1 aliphatic rings. The lowest BCUT2D eigenvalue weighted by Crippen LogP contribution is -2.04. The second-order valence-electron chi connectivity index (χ2n) is 4.72. The second-order valence-corrected chi connectivity index (χ2v) is 5.79. The maximum atomic E-state index is 13.4. The van der Waals surface area contributed by atoms with Gasteiger partial charge >= 0.3 is 0 Å². The van der Waals surface area contributed by atoms with E-state index in [2.05, 4.69) is 9.55 Å². The maximum absolute atomic E-state index is 13.4. The number of imidazole rings is 1. The first-order chi connectivity index (χ1) is 9.74. The van der Waals surface area contributed by atoms with Gasteiger partial charge in [-0.1, -0.05) is 18.2 Å². The Labute approximate surface area is 118 Å². The Bertz CT molecular complexity index is 813. The van der Waals surface area contributed by atoms with E-state index in [0.29, 0.717) is 0 Å². The molecule has 0 spiro atoms. The summed E-state index contributed by atoms with van der Waals surface area (Å²) in [7, 11) is 0. The summed E-state index contributed by atoms with van der Waals surface area (Å²) in [5.74, 6) is 0.137. The van der Waals surface area contributed by atoms with Gasteiger partial charge in [-0.25, -0.2) is 13.8 Å². The quantitative estimate of drug-likeness (QED) is 0.670. The summed E-state index contributed by atoms with van der Waals surface area (Å²) in [5.41, 5.74) is 2.73. The number of nitrogens with zero attached hydrogens (tertiary/aromatic N) is 2. The molecule has 0 aliphatic carbocycles. The molecule has 0 bridgehead atoms. The Morgan fingerprint density at radius 1 is 1.10 bits per heavy atom. The van der Waals surface area contributed by atoms with Crippen molar-refractivity contribution in [2.45, 2.75) is 11.1 Å². The van der Waals surface area contributed by atoms with E-state index < -0.39 is 11.6 Å². The summed E-state index contributed by atoms with van der Waals surface area (Å²) >= 11 is 1.67. The molecule has 0 amide bonds. The molecule has 20 heavy (non-hydrogen) atoms. The third kappa shape index (κ3) is 1.66. The molecular weight excluding hydrogens is 278 g/mol. The summed E-state index contributed by atoms with van der Waals surface area (Å²) in [4.78, 5) is 4.58. The van der Waals surface area contributed by atoms with Crippen molar-refractivity contribution in [1.29, 1.82) is 0 Å². The minimum absolute atomic E-state index is 0.0486. The molecule has 0 saturated heterocycles. The molecular formula is C15H10F2N2S. The van der Waals surface area contributed by atoms with Gasteiger partial charge in [-0.05, 0) is 29.8 Å². The van der Waals surface area contributed by atoms with E-state index in [1.807, 2.05) is 24.3 Å². The number of para-hydroxylation sites is 2. The zero-order valence-corrected chi connectivity index (χ0v) is 11.2. The van der Waals surface area contributed by atoms with Crippen LogP contribution in [0.4, 0.5) is 8.78 Å². The number of hydrogen-bond donors (Lipinski definition) is 0. The van der Waals surface area contributed by atoms with E-state index in [-0.39, 0.29) is 5.37 Å². The summed E-state index contributed by atoms with van der Waals surface area (Å²) in [5, 5.41) is -0.0486. The SMILES string of the molecule is Fc1ccc([C@@H]2SCc3nc4ccccc4n32)cc1F. The highest BCUT2D eigenvalue weighted by molar-refractivity contribution is 7.99. The number of rotatable bonds is 1. The van der Waals surface area contributed by atoms with E-state index in [1.54, 1.807) is 17.8 Å². The number of aromatic nitrogens is 2. The van der Waals surface area contributed by atoms with Gasteiger partial charge in [-0.3, -0.25) is 0 Å². The first kappa shape index (κ1) is 11.9. The van der Waals surface area contributed by atoms with Gasteiger partial charge in [0.1, 0.15) is 11.2 Å². The Morgan fingerprint density at radius 2 is 1.95 bits per heavy atom. The van der Waals surface area contributed by atoms with Crippen molar-refractivity contribution >= 4 is 22.8 Å². The van der Waals surface area contributed by atoms with Crippen molar-refractivity contribution in [2.24, 2.45) is 0 Å². The number of hydrogen-bond acceptors (Lipinski definition) is 2. The maximum Gasteiger partial charge on any atom is 0.159 e. The average molecular weight is 288 g/mol. The van der Waals surface area contributed by atoms with Crippen LogP contribution in [0.5, 0.6) is 0 Å². The first-order valence-electron chi connectivity index (χ1n) is 6.26. The Kier molecular flexibility index (Phi) is 2.57. The third-order valence-corrected chi connectivity index (χ3v) is 4.73. The van der Waals surface area contributed by atoms with Gasteiger partial charge in [0.15, 0.2) is 11.6 Å². The summed E-state index contributed by atoms with van der Waals surface area (Å²) in [6.07, 6.45) is 0. The van der Waals surface area contributed by atoms with Crippen molar-refractivity contribution in [3.05, 3.63) is 65.5 Å². The summed E-state index contributed by atoms with van der Waals surface area (Å²) < 4.78 is 28.6. The predicted molar refractivity (Wildman–Crippen MR) is 75.5 cm³/mol. The van der Waals surface area contributed by atoms with Crippen molar-refractivity contribution in [3.63, 3.8) is 0 Å². The van der Waals surface area contributed by atoms with Gasteiger partial charge in [0, 0.05) is 0 Å². The summed E-state index contributed by atoms with van der Waals surface area (Å²) in [6, 6.07) is 12.0. The molecule has 0 unspecified atom stereocenters. The molecule has 1 aromatic heterocycles. The molecule has 0 radical (unpaired) electrons. The largest absolute Gasteiger partial charge is 0.310 e. The van der Waals surface area contributed by atoms with E-state index in [4.69, 9.17) is 0 Å². The van der Waals surface area contributed by atoms with Crippen LogP contribution in [0.3, 0.4) is 0 Å². The van der Waals surface area contributed by atoms with Crippen LogP contribution in [0.15, 0.2) is 42.5 Å². The molecule has 5 heteroatoms. The van der Waals surface area contributed by atoms with Crippen LogP contribution in [-0.4, -0.2) is 9.55 Å². The van der Waals surface area contributed by atoms with E-state index in [1.165, 1.54) is 12.1 Å². The number of benzene rings is 2. The van der Waals surface area contributed by atoms with Crippen molar-refractivity contribution in [3.8, 4) is 0 Å². The fourth-order valence-electron chi connectivity index (χ4n) is 2.60. The standard InChI is InChI=1S/C15H10F2N2S/c16-10-6-5-9(7-11(10)17)15-19-13-4-2-1-3-12(13)18-14(19)8-20-15/h1-7,15H,8H2/t15-/m0/s1. The van der Waals surface area contributed by atoms with Crippen LogP contribution in [0.2, 0.25) is 0 Å². The molecule has 1 atom stereocenters. The minimum atomic E-state index is -0.813. The smallest absolute Gasteiger partial charge is 0.159 e. The fraction of sp³-hybridized carbons (Fsp3) is 0.133. The van der Waals surface area contributed by atoms with Gasteiger partial charge in [0.2, 0.25) is 0 Å². The Balaban J connectivity index is 1.89. The zero-order chi connectivity index (χ0) is 13.7. The van der Waals surface area contributed by atoms with E-state index in [9.17, 15) is 8.78 Å². The Hall–Kier alpha value is -1.88. The van der Waals surface area contributed by atoms with Gasteiger partial charge in [0.25, 0.3) is 0 Å². The van der Waals surface area contributed by atoms with Gasteiger partial charge in [-0.15, -0.1) is 11.8 Å². The highest BCUT2D eigenvalue weighted by Crippen LogP contribution is 2.42. The number of halogens is 2. The van der Waals surface area contributed by atoms with Crippen LogP contribution < -0.4 is 0 Å². The van der Waals surface area contributed by atoms with Gasteiger partial charge in [-0.2, -0.15) is 0 Å². The molecule has 0 N–H and O–H groups in total. The topological polar surface area (TPSA) is 17.8 Å². The van der Waals surface area contributed by atoms with Crippen molar-refractivity contribution in [2.75, 3.05) is 0 Å². The lowest BCUT2D eigenvalue weighted by molar-refractivity contribution is 0.506. The molecule has 1 aliphatic heterocycles. The summed E-state index contributed by atoms with van der Waals surface area (Å²) in [6.45, 7) is 0. The predicted octanol–water partition coefficient (Wildman–Crippen LogP) is 4.11. The highest BCUT2D eigenvalue weighted by atomic mass is 32.2. The average Bonchev–Trinajstić information content (AvgIpc) is 3.00. The van der Waals surface area contributed by atoms with Crippen molar-refractivity contribution in [1.82, 2.24) is 9.55 Å². The molecule has 2 heterocycles. The fourth-order valence-corrected chi connectivity index (χ4v) is 3.83. The van der Waals surface area contributed by atoms with Crippen LogP contribution in [0.25, 0.3) is 11.0 Å². The van der Waals surface area contributed by atoms with E-state index in [0.717, 1.165) is 28.2 Å². The second kappa shape index (κ2) is 4.31. The van der Waals surface area contributed by atoms with Crippen LogP contribution in [0, 0.1) is 11.6 Å². The van der Waals surface area contributed by atoms with Crippen LogP contribution >= 0.6 is 11.8 Å². The lowest BCUT2D eigenvalue weighted by atomic mass is 10.2. The molecule has 2 aromatic carbocycles. The molecule has 4 rings (SSSR count). The molecule has 0 saturated carbocycles. The van der Waals surface area contributed by atoms with E-state index >= 15 is 0 Å². The van der Waals surface area contributed by atoms with Gasteiger partial charge < -0.3 is 4.57 Å². The Morgan fingerprint density at radius 3 is 2.80 bits per heavy atom. The minimum Gasteiger partial charge on any atom is -0.310 e. The molecule has 3 aromatic rings. The van der Waals surface area contributed by atoms with Crippen molar-refractivity contribution < 1.29 is 8.78 Å². The number of fused-ring (bicyclic) bond motifs is 3. The molecule has 100 valence electrons. The highest BCUT2D eigenvalue weighted by Gasteiger charge is 2.28. The normalized spacial score (nSPS) is 17.6. The van der Waals surface area contributed by atoms with Crippen LogP contribution in [0.1, 0.15) is 16.8 Å². The molecule has 0 fully saturated rings. The van der Waals surface area contributed by atoms with Gasteiger partial charge in [0.05, 0.1) is 16.8 Å². The lowest BCUT2D eigenvalue weighted by Gasteiger charge is -2.14. The zero-order valence-electron chi connectivity index (χ0n) is 10.4. The third-order valence-electron chi connectivity index (χ3n) is 3.50. The van der Waals surface area contributed by atoms with Crippen LogP contribution in [-0.2, 0) is 5.75 Å². The monoisotopic (exact) mass is 288 g/mol.